The number of aryl methyl sites for hydroxylation is 1. The molecule has 1 saturated heterocycles. The summed E-state index contributed by atoms with van der Waals surface area (Å²) in [6.07, 6.45) is 8.15. The van der Waals surface area contributed by atoms with Crippen LogP contribution in [-0.2, 0) is 6.54 Å². The molecular formula is C20H31N7. The highest BCUT2D eigenvalue weighted by Gasteiger charge is 2.22. The molecule has 0 saturated carbocycles. The molecule has 1 aliphatic rings. The van der Waals surface area contributed by atoms with Gasteiger partial charge < -0.3 is 10.6 Å². The van der Waals surface area contributed by atoms with Gasteiger partial charge >= 0.3 is 0 Å². The Bertz CT molecular complexity index is 735. The summed E-state index contributed by atoms with van der Waals surface area (Å²) in [4.78, 5) is 16.0. The SMILES string of the molecule is CCNC(=NCc1ccc(-n2ccnc2C)nc1)NCC1CCCN1CC. The van der Waals surface area contributed by atoms with E-state index in [4.69, 9.17) is 4.99 Å². The van der Waals surface area contributed by atoms with Gasteiger partial charge in [0.2, 0.25) is 0 Å². The van der Waals surface area contributed by atoms with Crippen molar-refractivity contribution in [3.63, 3.8) is 0 Å². The predicted octanol–water partition coefficient (Wildman–Crippen LogP) is 2.12. The van der Waals surface area contributed by atoms with Gasteiger partial charge in [0, 0.05) is 37.7 Å². The molecule has 146 valence electrons. The first-order valence-corrected chi connectivity index (χ1v) is 9.92. The van der Waals surface area contributed by atoms with Crippen LogP contribution in [0, 0.1) is 6.92 Å². The topological polar surface area (TPSA) is 70.4 Å². The third-order valence-corrected chi connectivity index (χ3v) is 5.06. The number of pyridine rings is 1. The first kappa shape index (κ1) is 19.4. The van der Waals surface area contributed by atoms with Gasteiger partial charge in [-0.1, -0.05) is 13.0 Å². The maximum Gasteiger partial charge on any atom is 0.191 e. The molecule has 0 amide bonds. The zero-order valence-electron chi connectivity index (χ0n) is 16.6. The molecule has 1 aliphatic heterocycles. The Hall–Kier alpha value is -2.41. The Balaban J connectivity index is 1.58. The minimum absolute atomic E-state index is 0.605. The molecule has 2 aromatic rings. The highest BCUT2D eigenvalue weighted by atomic mass is 15.2. The average Bonchev–Trinajstić information content (AvgIpc) is 3.33. The monoisotopic (exact) mass is 369 g/mol. The molecule has 7 heteroatoms. The summed E-state index contributed by atoms with van der Waals surface area (Å²) in [7, 11) is 0. The summed E-state index contributed by atoms with van der Waals surface area (Å²) in [6, 6.07) is 4.69. The Morgan fingerprint density at radius 2 is 2.15 bits per heavy atom. The average molecular weight is 370 g/mol. The zero-order valence-corrected chi connectivity index (χ0v) is 16.6. The fraction of sp³-hybridized carbons (Fsp3) is 0.550. The van der Waals surface area contributed by atoms with Crippen LogP contribution in [0.4, 0.5) is 0 Å². The molecule has 1 fully saturated rings. The Labute approximate surface area is 161 Å². The lowest BCUT2D eigenvalue weighted by molar-refractivity contribution is 0.267. The number of aromatic nitrogens is 3. The molecule has 0 bridgehead atoms. The fourth-order valence-electron chi connectivity index (χ4n) is 3.54. The van der Waals surface area contributed by atoms with Crippen LogP contribution in [0.5, 0.6) is 0 Å². The van der Waals surface area contributed by atoms with Crippen LogP contribution in [0.15, 0.2) is 35.7 Å². The highest BCUT2D eigenvalue weighted by Crippen LogP contribution is 2.15. The molecule has 1 unspecified atom stereocenters. The third kappa shape index (κ3) is 5.07. The van der Waals surface area contributed by atoms with Crippen LogP contribution in [0.3, 0.4) is 0 Å². The molecule has 2 N–H and O–H groups in total. The second-order valence-electron chi connectivity index (χ2n) is 6.87. The summed E-state index contributed by atoms with van der Waals surface area (Å²) in [5, 5.41) is 6.84. The Morgan fingerprint density at radius 3 is 2.81 bits per heavy atom. The zero-order chi connectivity index (χ0) is 19.1. The molecule has 7 nitrogen and oxygen atoms in total. The van der Waals surface area contributed by atoms with E-state index in [0.29, 0.717) is 12.6 Å². The molecule has 0 radical (unpaired) electrons. The van der Waals surface area contributed by atoms with Crippen molar-refractivity contribution in [3.8, 4) is 5.82 Å². The minimum atomic E-state index is 0.605. The van der Waals surface area contributed by atoms with E-state index in [1.165, 1.54) is 19.4 Å². The van der Waals surface area contributed by atoms with Crippen molar-refractivity contribution < 1.29 is 0 Å². The molecular weight excluding hydrogens is 338 g/mol. The number of imidazole rings is 1. The minimum Gasteiger partial charge on any atom is -0.357 e. The summed E-state index contributed by atoms with van der Waals surface area (Å²) < 4.78 is 1.97. The highest BCUT2D eigenvalue weighted by molar-refractivity contribution is 5.79. The lowest BCUT2D eigenvalue weighted by Crippen LogP contribution is -2.44. The van der Waals surface area contributed by atoms with Gasteiger partial charge in [-0.2, -0.15) is 0 Å². The van der Waals surface area contributed by atoms with Crippen molar-refractivity contribution in [1.82, 2.24) is 30.1 Å². The van der Waals surface area contributed by atoms with Crippen LogP contribution < -0.4 is 10.6 Å². The van der Waals surface area contributed by atoms with Crippen molar-refractivity contribution in [2.75, 3.05) is 26.2 Å². The lowest BCUT2D eigenvalue weighted by Gasteiger charge is -2.24. The second kappa shape index (κ2) is 9.50. The van der Waals surface area contributed by atoms with E-state index in [1.54, 1.807) is 6.20 Å². The Morgan fingerprint density at radius 1 is 1.26 bits per heavy atom. The largest absolute Gasteiger partial charge is 0.357 e. The number of rotatable bonds is 7. The first-order valence-electron chi connectivity index (χ1n) is 9.92. The molecule has 0 aromatic carbocycles. The summed E-state index contributed by atoms with van der Waals surface area (Å²) in [5.74, 6) is 2.68. The lowest BCUT2D eigenvalue weighted by atomic mass is 10.2. The van der Waals surface area contributed by atoms with E-state index >= 15 is 0 Å². The van der Waals surface area contributed by atoms with Crippen molar-refractivity contribution in [2.24, 2.45) is 4.99 Å². The standard InChI is InChI=1S/C20H31N7/c1-4-21-20(25-15-18-7-6-11-26(18)5-2)24-14-17-8-9-19(23-13-17)27-12-10-22-16(27)3/h8-10,12-13,18H,4-7,11,14-15H2,1-3H3,(H2,21,24,25). The van der Waals surface area contributed by atoms with E-state index in [-0.39, 0.29) is 0 Å². The molecule has 0 spiro atoms. The normalized spacial score (nSPS) is 18.0. The van der Waals surface area contributed by atoms with Crippen molar-refractivity contribution in [1.29, 1.82) is 0 Å². The number of aliphatic imine (C=N–C) groups is 1. The Kier molecular flexibility index (Phi) is 6.81. The number of likely N-dealkylation sites (N-methyl/N-ethyl adjacent to an activating group) is 1. The van der Waals surface area contributed by atoms with Crippen molar-refractivity contribution >= 4 is 5.96 Å². The van der Waals surface area contributed by atoms with Crippen LogP contribution >= 0.6 is 0 Å². The van der Waals surface area contributed by atoms with Gasteiger partial charge in [0.1, 0.15) is 11.6 Å². The molecule has 3 rings (SSSR count). The number of guanidine groups is 1. The van der Waals surface area contributed by atoms with Crippen molar-refractivity contribution in [2.45, 2.75) is 46.2 Å². The maximum atomic E-state index is 4.72. The number of hydrogen-bond donors (Lipinski definition) is 2. The van der Waals surface area contributed by atoms with Gasteiger partial charge in [-0.15, -0.1) is 0 Å². The van der Waals surface area contributed by atoms with E-state index in [0.717, 1.165) is 42.8 Å². The molecule has 27 heavy (non-hydrogen) atoms. The van der Waals surface area contributed by atoms with Gasteiger partial charge in [0.25, 0.3) is 0 Å². The van der Waals surface area contributed by atoms with E-state index in [1.807, 2.05) is 30.0 Å². The van der Waals surface area contributed by atoms with Crippen LogP contribution in [0.1, 0.15) is 38.1 Å². The van der Waals surface area contributed by atoms with E-state index in [9.17, 15) is 0 Å². The third-order valence-electron chi connectivity index (χ3n) is 5.06. The maximum absolute atomic E-state index is 4.72. The van der Waals surface area contributed by atoms with Gasteiger partial charge in [0.05, 0.1) is 6.54 Å². The predicted molar refractivity (Wildman–Crippen MR) is 109 cm³/mol. The van der Waals surface area contributed by atoms with E-state index in [2.05, 4.69) is 45.4 Å². The molecule has 3 heterocycles. The van der Waals surface area contributed by atoms with Gasteiger partial charge in [-0.3, -0.25) is 9.47 Å². The smallest absolute Gasteiger partial charge is 0.191 e. The molecule has 2 aromatic heterocycles. The summed E-state index contributed by atoms with van der Waals surface area (Å²) in [6.45, 7) is 11.0. The van der Waals surface area contributed by atoms with Crippen LogP contribution in [0.2, 0.25) is 0 Å². The fourth-order valence-corrected chi connectivity index (χ4v) is 3.54. The first-order chi connectivity index (χ1) is 13.2. The van der Waals surface area contributed by atoms with Gasteiger partial charge in [-0.25, -0.2) is 15.0 Å². The number of nitrogens with one attached hydrogen (secondary N) is 2. The molecule has 1 atom stereocenters. The van der Waals surface area contributed by atoms with Crippen LogP contribution in [0.25, 0.3) is 5.82 Å². The summed E-state index contributed by atoms with van der Waals surface area (Å²) >= 11 is 0. The van der Waals surface area contributed by atoms with Crippen LogP contribution in [-0.4, -0.2) is 57.6 Å². The van der Waals surface area contributed by atoms with Gasteiger partial charge in [0.15, 0.2) is 5.96 Å². The number of nitrogens with zero attached hydrogens (tertiary/aromatic N) is 5. The van der Waals surface area contributed by atoms with Gasteiger partial charge in [-0.05, 0) is 51.4 Å². The molecule has 0 aliphatic carbocycles. The quantitative estimate of drug-likeness (QED) is 0.578. The van der Waals surface area contributed by atoms with E-state index < -0.39 is 0 Å². The van der Waals surface area contributed by atoms with Crippen molar-refractivity contribution in [3.05, 3.63) is 42.1 Å². The summed E-state index contributed by atoms with van der Waals surface area (Å²) in [5.41, 5.74) is 1.09. The number of likely N-dealkylation sites (tertiary alicyclic amines) is 1. The second-order valence-corrected chi connectivity index (χ2v) is 6.87. The number of hydrogen-bond acceptors (Lipinski definition) is 4.